The number of amides is 2. The number of carbonyl (C=O) groups is 2. The van der Waals surface area contributed by atoms with Gasteiger partial charge in [0, 0.05) is 39.8 Å². The second-order valence-corrected chi connectivity index (χ2v) is 10.0. The number of halogens is 1. The molecule has 0 radical (unpaired) electrons. The summed E-state index contributed by atoms with van der Waals surface area (Å²) in [5, 5.41) is 17.1. The van der Waals surface area contributed by atoms with E-state index in [1.807, 2.05) is 66.7 Å². The van der Waals surface area contributed by atoms with Crippen molar-refractivity contribution in [3.05, 3.63) is 134 Å². The van der Waals surface area contributed by atoms with E-state index in [0.29, 0.717) is 34.6 Å². The fraction of sp³-hybridized carbons (Fsp3) is 0.100. The van der Waals surface area contributed by atoms with Gasteiger partial charge in [-0.25, -0.2) is 0 Å². The average Bonchev–Trinajstić information content (AvgIpc) is 3.06. The van der Waals surface area contributed by atoms with Gasteiger partial charge in [0.2, 0.25) is 11.8 Å². The molecule has 0 saturated carbocycles. The van der Waals surface area contributed by atoms with Crippen molar-refractivity contribution >= 4 is 50.5 Å². The number of carbonyl (C=O) groups excluding carboxylic acids is 2. The van der Waals surface area contributed by atoms with Crippen LogP contribution in [0.25, 0.3) is 0 Å². The lowest BCUT2D eigenvalue weighted by molar-refractivity contribution is -0.384. The zero-order valence-electron chi connectivity index (χ0n) is 20.6. The Morgan fingerprint density at radius 1 is 0.949 bits per heavy atom. The molecule has 1 aliphatic rings. The van der Waals surface area contributed by atoms with Crippen molar-refractivity contribution < 1.29 is 14.5 Å². The first kappa shape index (κ1) is 26.0. The van der Waals surface area contributed by atoms with E-state index in [4.69, 9.17) is 4.99 Å². The molecule has 0 spiro atoms. The summed E-state index contributed by atoms with van der Waals surface area (Å²) in [6.45, 7) is 0. The van der Waals surface area contributed by atoms with E-state index in [-0.39, 0.29) is 23.9 Å². The quantitative estimate of drug-likeness (QED) is 0.207. The number of benzene rings is 4. The summed E-state index contributed by atoms with van der Waals surface area (Å²) < 4.78 is 0.927. The third kappa shape index (κ3) is 6.27. The number of hydrogen-bond donors (Lipinski definition) is 2. The van der Waals surface area contributed by atoms with Crippen LogP contribution in [-0.4, -0.2) is 28.5 Å². The van der Waals surface area contributed by atoms with Crippen LogP contribution in [0.2, 0.25) is 0 Å². The van der Waals surface area contributed by atoms with E-state index in [1.54, 1.807) is 18.2 Å². The number of nitrogens with one attached hydrogen (secondary N) is 2. The SMILES string of the molecule is O=C(Cc1ccccc1)Nc1ccc(C2=NC(Cc3ccc(Br)cc3)C(=O)Nc3cc([N+](=O)[O-])ccc32)cc1. The number of aliphatic imine (C=N–C) groups is 1. The predicted octanol–water partition coefficient (Wildman–Crippen LogP) is 5.94. The molecule has 0 aromatic heterocycles. The van der Waals surface area contributed by atoms with Gasteiger partial charge in [0.15, 0.2) is 0 Å². The van der Waals surface area contributed by atoms with Crippen molar-refractivity contribution in [2.45, 2.75) is 18.9 Å². The maximum Gasteiger partial charge on any atom is 0.271 e. The molecular formula is C30H23BrN4O4. The van der Waals surface area contributed by atoms with E-state index < -0.39 is 11.0 Å². The summed E-state index contributed by atoms with van der Waals surface area (Å²) in [6, 6.07) is 27.9. The van der Waals surface area contributed by atoms with Gasteiger partial charge < -0.3 is 10.6 Å². The summed E-state index contributed by atoms with van der Waals surface area (Å²) in [7, 11) is 0. The Kier molecular flexibility index (Phi) is 7.60. The smallest absolute Gasteiger partial charge is 0.271 e. The van der Waals surface area contributed by atoms with Crippen molar-refractivity contribution in [3.63, 3.8) is 0 Å². The van der Waals surface area contributed by atoms with Gasteiger partial charge in [0.1, 0.15) is 6.04 Å². The summed E-state index contributed by atoms with van der Waals surface area (Å²) in [5.41, 5.74) is 4.48. The van der Waals surface area contributed by atoms with Gasteiger partial charge in [0.05, 0.1) is 22.7 Å². The highest BCUT2D eigenvalue weighted by molar-refractivity contribution is 9.10. The van der Waals surface area contributed by atoms with Crippen LogP contribution in [0.1, 0.15) is 22.3 Å². The predicted molar refractivity (Wildman–Crippen MR) is 154 cm³/mol. The molecule has 0 saturated heterocycles. The first-order valence-corrected chi connectivity index (χ1v) is 13.0. The van der Waals surface area contributed by atoms with Gasteiger partial charge in [-0.2, -0.15) is 0 Å². The highest BCUT2D eigenvalue weighted by atomic mass is 79.9. The minimum absolute atomic E-state index is 0.128. The molecule has 2 amide bonds. The van der Waals surface area contributed by atoms with E-state index in [1.165, 1.54) is 12.1 Å². The van der Waals surface area contributed by atoms with Crippen LogP contribution in [0, 0.1) is 10.1 Å². The lowest BCUT2D eigenvalue weighted by Gasteiger charge is -2.12. The fourth-order valence-electron chi connectivity index (χ4n) is 4.37. The number of nitro groups is 1. The molecule has 5 rings (SSSR count). The van der Waals surface area contributed by atoms with Gasteiger partial charge in [-0.05, 0) is 41.5 Å². The zero-order chi connectivity index (χ0) is 27.4. The van der Waals surface area contributed by atoms with E-state index in [9.17, 15) is 19.7 Å². The van der Waals surface area contributed by atoms with Crippen LogP contribution in [-0.2, 0) is 22.4 Å². The largest absolute Gasteiger partial charge is 0.326 e. The van der Waals surface area contributed by atoms with Crippen LogP contribution < -0.4 is 10.6 Å². The molecule has 0 bridgehead atoms. The normalized spacial score (nSPS) is 14.4. The standard InChI is InChI=1S/C30H23BrN4O4/c31-22-10-6-20(7-11-22)16-27-30(37)34-26-18-24(35(38)39)14-15-25(26)29(33-27)21-8-12-23(13-9-21)32-28(36)17-19-4-2-1-3-5-19/h1-15,18,27H,16-17H2,(H,32,36)(H,34,37). The molecule has 194 valence electrons. The van der Waals surface area contributed by atoms with Crippen molar-refractivity contribution in [1.29, 1.82) is 0 Å². The summed E-state index contributed by atoms with van der Waals surface area (Å²) in [4.78, 5) is 41.4. The summed E-state index contributed by atoms with van der Waals surface area (Å²) >= 11 is 3.42. The molecule has 0 fully saturated rings. The van der Waals surface area contributed by atoms with E-state index in [2.05, 4.69) is 26.6 Å². The lowest BCUT2D eigenvalue weighted by atomic mass is 9.99. The number of fused-ring (bicyclic) bond motifs is 1. The monoisotopic (exact) mass is 582 g/mol. The number of rotatable bonds is 7. The van der Waals surface area contributed by atoms with Gasteiger partial charge in [-0.3, -0.25) is 24.7 Å². The van der Waals surface area contributed by atoms with Crippen molar-refractivity contribution in [2.24, 2.45) is 4.99 Å². The van der Waals surface area contributed by atoms with Crippen molar-refractivity contribution in [3.8, 4) is 0 Å². The molecule has 4 aromatic carbocycles. The fourth-order valence-corrected chi connectivity index (χ4v) is 4.63. The van der Waals surface area contributed by atoms with E-state index >= 15 is 0 Å². The second kappa shape index (κ2) is 11.4. The topological polar surface area (TPSA) is 114 Å². The Morgan fingerprint density at radius 2 is 1.67 bits per heavy atom. The average molecular weight is 583 g/mol. The molecule has 8 nitrogen and oxygen atoms in total. The van der Waals surface area contributed by atoms with Crippen LogP contribution in [0.4, 0.5) is 17.1 Å². The first-order chi connectivity index (χ1) is 18.9. The second-order valence-electron chi connectivity index (χ2n) is 9.09. The first-order valence-electron chi connectivity index (χ1n) is 12.2. The van der Waals surface area contributed by atoms with Gasteiger partial charge >= 0.3 is 0 Å². The molecule has 0 aliphatic carbocycles. The van der Waals surface area contributed by atoms with Crippen LogP contribution >= 0.6 is 15.9 Å². The summed E-state index contributed by atoms with van der Waals surface area (Å²) in [5.74, 6) is -0.484. The Balaban J connectivity index is 1.45. The minimum Gasteiger partial charge on any atom is -0.326 e. The number of hydrogen-bond acceptors (Lipinski definition) is 5. The third-order valence-corrected chi connectivity index (χ3v) is 6.84. The Hall–Kier alpha value is -4.63. The van der Waals surface area contributed by atoms with Crippen LogP contribution in [0.3, 0.4) is 0 Å². The minimum atomic E-state index is -0.752. The van der Waals surface area contributed by atoms with Gasteiger partial charge in [-0.1, -0.05) is 70.5 Å². The number of nitrogens with zero attached hydrogens (tertiary/aromatic N) is 2. The van der Waals surface area contributed by atoms with Crippen molar-refractivity contribution in [2.75, 3.05) is 10.6 Å². The molecule has 39 heavy (non-hydrogen) atoms. The third-order valence-electron chi connectivity index (χ3n) is 6.31. The Bertz CT molecular complexity index is 1570. The molecule has 1 aliphatic heterocycles. The highest BCUT2D eigenvalue weighted by Crippen LogP contribution is 2.29. The Labute approximate surface area is 233 Å². The maximum atomic E-state index is 13.2. The van der Waals surface area contributed by atoms with Gasteiger partial charge in [0.25, 0.3) is 5.69 Å². The zero-order valence-corrected chi connectivity index (χ0v) is 22.2. The number of anilines is 2. The maximum absolute atomic E-state index is 13.2. The van der Waals surface area contributed by atoms with E-state index in [0.717, 1.165) is 15.6 Å². The molecule has 9 heteroatoms. The molecule has 2 N–H and O–H groups in total. The number of non-ortho nitro benzene ring substituents is 1. The van der Waals surface area contributed by atoms with Crippen LogP contribution in [0.5, 0.6) is 0 Å². The van der Waals surface area contributed by atoms with Gasteiger partial charge in [-0.15, -0.1) is 0 Å². The Morgan fingerprint density at radius 3 is 2.36 bits per heavy atom. The number of nitro benzene ring substituents is 1. The summed E-state index contributed by atoms with van der Waals surface area (Å²) in [6.07, 6.45) is 0.610. The molecule has 1 atom stereocenters. The molecule has 1 heterocycles. The van der Waals surface area contributed by atoms with Crippen molar-refractivity contribution in [1.82, 2.24) is 0 Å². The van der Waals surface area contributed by atoms with Crippen LogP contribution in [0.15, 0.2) is 107 Å². The molecule has 1 unspecified atom stereocenters. The lowest BCUT2D eigenvalue weighted by Crippen LogP contribution is -2.27. The molecule has 4 aromatic rings. The number of benzodiazepines with no additional fused rings is 1. The molecular weight excluding hydrogens is 560 g/mol. The highest BCUT2D eigenvalue weighted by Gasteiger charge is 2.27.